The minimum atomic E-state index is -1.78. The number of pyridine rings is 1. The molecule has 0 amide bonds. The fourth-order valence-electron chi connectivity index (χ4n) is 1.38. The van der Waals surface area contributed by atoms with Gasteiger partial charge >= 0.3 is 5.97 Å². The van der Waals surface area contributed by atoms with Crippen LogP contribution in [0, 0.1) is 0 Å². The Morgan fingerprint density at radius 3 is 2.72 bits per heavy atom. The van der Waals surface area contributed by atoms with Crippen molar-refractivity contribution in [2.24, 2.45) is 0 Å². The Kier molecular flexibility index (Phi) is 4.49. The van der Waals surface area contributed by atoms with E-state index in [-0.39, 0.29) is 18.0 Å². The minimum absolute atomic E-state index is 0.190. The molecule has 18 heavy (non-hydrogen) atoms. The van der Waals surface area contributed by atoms with Gasteiger partial charge in [0.15, 0.2) is 17.2 Å². The first kappa shape index (κ1) is 14.2. The van der Waals surface area contributed by atoms with Gasteiger partial charge in [0.2, 0.25) is 0 Å². The molecule has 6 nitrogen and oxygen atoms in total. The molecule has 0 aliphatic carbocycles. The highest BCUT2D eigenvalue weighted by molar-refractivity contribution is 5.80. The van der Waals surface area contributed by atoms with E-state index in [1.807, 2.05) is 0 Å². The Bertz CT molecular complexity index is 432. The van der Waals surface area contributed by atoms with Crippen molar-refractivity contribution in [1.29, 1.82) is 0 Å². The van der Waals surface area contributed by atoms with Crippen molar-refractivity contribution in [2.75, 3.05) is 18.9 Å². The molecule has 1 atom stereocenters. The largest absolute Gasteiger partial charge is 0.490 e. The van der Waals surface area contributed by atoms with Gasteiger partial charge in [-0.2, -0.15) is 0 Å². The molecule has 0 aliphatic rings. The van der Waals surface area contributed by atoms with Crippen molar-refractivity contribution in [2.45, 2.75) is 26.4 Å². The van der Waals surface area contributed by atoms with Crippen molar-refractivity contribution in [3.05, 3.63) is 17.8 Å². The second kappa shape index (κ2) is 5.68. The molecule has 100 valence electrons. The van der Waals surface area contributed by atoms with Gasteiger partial charge in [-0.05, 0) is 26.8 Å². The highest BCUT2D eigenvalue weighted by Gasteiger charge is 2.35. The van der Waals surface area contributed by atoms with Gasteiger partial charge < -0.3 is 20.3 Å². The quantitative estimate of drug-likeness (QED) is 0.756. The van der Waals surface area contributed by atoms with E-state index < -0.39 is 11.6 Å². The van der Waals surface area contributed by atoms with E-state index in [9.17, 15) is 9.90 Å². The number of aromatic nitrogens is 1. The highest BCUT2D eigenvalue weighted by Crippen LogP contribution is 2.28. The van der Waals surface area contributed by atoms with Crippen LogP contribution in [0.3, 0.4) is 0 Å². The van der Waals surface area contributed by atoms with E-state index in [1.165, 1.54) is 19.2 Å². The van der Waals surface area contributed by atoms with Crippen LogP contribution in [0.4, 0.5) is 5.82 Å². The third-order valence-electron chi connectivity index (χ3n) is 2.42. The number of ether oxygens (including phenoxy) is 2. The first-order valence-corrected chi connectivity index (χ1v) is 5.71. The summed E-state index contributed by atoms with van der Waals surface area (Å²) in [6, 6.07) is 1.49. The predicted octanol–water partition coefficient (Wildman–Crippen LogP) is 0.833. The summed E-state index contributed by atoms with van der Waals surface area (Å²) in [5.74, 6) is -0.196. The van der Waals surface area contributed by atoms with Gasteiger partial charge in [-0.3, -0.25) is 0 Å². The number of carbonyl (C=O) groups excluding carboxylic acids is 1. The molecule has 0 radical (unpaired) electrons. The summed E-state index contributed by atoms with van der Waals surface area (Å²) < 4.78 is 10.1. The number of nitrogens with two attached hydrogens (primary N) is 1. The number of anilines is 1. The third kappa shape index (κ3) is 2.89. The second-order valence-corrected chi connectivity index (χ2v) is 3.83. The topological polar surface area (TPSA) is 94.7 Å². The van der Waals surface area contributed by atoms with Gasteiger partial charge in [0.1, 0.15) is 0 Å². The van der Waals surface area contributed by atoms with E-state index in [0.717, 1.165) is 0 Å². The molecule has 0 fully saturated rings. The van der Waals surface area contributed by atoms with Crippen molar-refractivity contribution in [3.8, 4) is 5.75 Å². The summed E-state index contributed by atoms with van der Waals surface area (Å²) in [5.41, 5.74) is 4.12. The average molecular weight is 254 g/mol. The molecule has 0 aliphatic heterocycles. The maximum atomic E-state index is 11.6. The maximum absolute atomic E-state index is 11.6. The van der Waals surface area contributed by atoms with E-state index in [0.29, 0.717) is 12.4 Å². The molecule has 0 saturated carbocycles. The second-order valence-electron chi connectivity index (χ2n) is 3.83. The zero-order valence-electron chi connectivity index (χ0n) is 10.8. The first-order valence-electron chi connectivity index (χ1n) is 5.71. The van der Waals surface area contributed by atoms with Crippen molar-refractivity contribution < 1.29 is 19.4 Å². The fourth-order valence-corrected chi connectivity index (χ4v) is 1.38. The average Bonchev–Trinajstić information content (AvgIpc) is 2.32. The molecule has 1 aromatic rings. The molecule has 3 N–H and O–H groups in total. The van der Waals surface area contributed by atoms with Gasteiger partial charge in [0.25, 0.3) is 0 Å². The van der Waals surface area contributed by atoms with Crippen LogP contribution in [0.5, 0.6) is 5.75 Å². The summed E-state index contributed by atoms with van der Waals surface area (Å²) in [6.45, 7) is 5.41. The molecule has 0 spiro atoms. The lowest BCUT2D eigenvalue weighted by molar-refractivity contribution is -0.164. The van der Waals surface area contributed by atoms with E-state index >= 15 is 0 Å². The number of carbonyl (C=O) groups is 1. The summed E-state index contributed by atoms with van der Waals surface area (Å²) >= 11 is 0. The lowest BCUT2D eigenvalue weighted by Crippen LogP contribution is -2.34. The number of nitrogens with zero attached hydrogens (tertiary/aromatic N) is 1. The Morgan fingerprint density at radius 2 is 2.17 bits per heavy atom. The smallest absolute Gasteiger partial charge is 0.342 e. The Hall–Kier alpha value is -1.82. The number of aliphatic hydroxyl groups is 1. The molecule has 0 aromatic carbocycles. The van der Waals surface area contributed by atoms with Gasteiger partial charge in [-0.1, -0.05) is 0 Å². The van der Waals surface area contributed by atoms with Crippen LogP contribution >= 0.6 is 0 Å². The third-order valence-corrected chi connectivity index (χ3v) is 2.42. The standard InChI is InChI=1S/C12H18N2O4/c1-4-17-9-6-8(7-14-10(9)13)12(3,16)11(15)18-5-2/h6-7,16H,4-5H2,1-3H3,(H2,13,14). The Morgan fingerprint density at radius 1 is 1.50 bits per heavy atom. The van der Waals surface area contributed by atoms with Crippen LogP contribution in [0.1, 0.15) is 26.3 Å². The number of nitrogen functional groups attached to an aromatic ring is 1. The number of hydrogen-bond acceptors (Lipinski definition) is 6. The molecule has 0 saturated heterocycles. The van der Waals surface area contributed by atoms with Crippen molar-refractivity contribution in [3.63, 3.8) is 0 Å². The first-order chi connectivity index (χ1) is 8.43. The number of hydrogen-bond donors (Lipinski definition) is 2. The van der Waals surface area contributed by atoms with Gasteiger partial charge in [0.05, 0.1) is 13.2 Å². The van der Waals surface area contributed by atoms with Crippen LogP contribution in [-0.4, -0.2) is 29.3 Å². The monoisotopic (exact) mass is 254 g/mol. The highest BCUT2D eigenvalue weighted by atomic mass is 16.5. The van der Waals surface area contributed by atoms with Crippen LogP contribution < -0.4 is 10.5 Å². The predicted molar refractivity (Wildman–Crippen MR) is 66.0 cm³/mol. The molecular formula is C12H18N2O4. The van der Waals surface area contributed by atoms with Gasteiger partial charge in [-0.15, -0.1) is 0 Å². The lowest BCUT2D eigenvalue weighted by Gasteiger charge is -2.21. The van der Waals surface area contributed by atoms with Crippen LogP contribution in [0.25, 0.3) is 0 Å². The van der Waals surface area contributed by atoms with Gasteiger partial charge in [0, 0.05) is 11.8 Å². The molecule has 1 heterocycles. The fraction of sp³-hybridized carbons (Fsp3) is 0.500. The molecule has 6 heteroatoms. The summed E-state index contributed by atoms with van der Waals surface area (Å²) in [7, 11) is 0. The van der Waals surface area contributed by atoms with E-state index in [1.54, 1.807) is 13.8 Å². The molecule has 1 rings (SSSR count). The summed E-state index contributed by atoms with van der Waals surface area (Å²) in [6.07, 6.45) is 1.33. The van der Waals surface area contributed by atoms with E-state index in [4.69, 9.17) is 15.2 Å². The Balaban J connectivity index is 3.08. The Labute approximate surface area is 106 Å². The van der Waals surface area contributed by atoms with Crippen molar-refractivity contribution >= 4 is 11.8 Å². The zero-order valence-corrected chi connectivity index (χ0v) is 10.8. The van der Waals surface area contributed by atoms with Crippen LogP contribution in [0.15, 0.2) is 12.3 Å². The number of rotatable bonds is 5. The summed E-state index contributed by atoms with van der Waals surface area (Å²) in [4.78, 5) is 15.5. The number of esters is 1. The molecular weight excluding hydrogens is 236 g/mol. The normalized spacial score (nSPS) is 13.8. The van der Waals surface area contributed by atoms with Crippen molar-refractivity contribution in [1.82, 2.24) is 4.98 Å². The maximum Gasteiger partial charge on any atom is 0.342 e. The lowest BCUT2D eigenvalue weighted by atomic mass is 9.98. The van der Waals surface area contributed by atoms with Crippen LogP contribution in [-0.2, 0) is 15.1 Å². The van der Waals surface area contributed by atoms with E-state index in [2.05, 4.69) is 4.98 Å². The zero-order chi connectivity index (χ0) is 13.8. The minimum Gasteiger partial charge on any atom is -0.490 e. The molecule has 1 aromatic heterocycles. The summed E-state index contributed by atoms with van der Waals surface area (Å²) in [5, 5.41) is 10.2. The van der Waals surface area contributed by atoms with Crippen LogP contribution in [0.2, 0.25) is 0 Å². The molecule has 0 bridgehead atoms. The molecule has 1 unspecified atom stereocenters. The SMILES string of the molecule is CCOC(=O)C(C)(O)c1cnc(N)c(OCC)c1. The van der Waals surface area contributed by atoms with Gasteiger partial charge in [-0.25, -0.2) is 9.78 Å².